The Morgan fingerprint density at radius 3 is 2.61 bits per heavy atom. The zero-order valence-electron chi connectivity index (χ0n) is 12.9. The minimum absolute atomic E-state index is 0.149. The number of carbonyl (C=O) groups is 2. The zero-order chi connectivity index (χ0) is 16.6. The molecule has 23 heavy (non-hydrogen) atoms. The number of anilines is 2. The van der Waals surface area contributed by atoms with Crippen molar-refractivity contribution in [2.24, 2.45) is 20.0 Å². The number of amidine groups is 2. The highest BCUT2D eigenvalue weighted by Crippen LogP contribution is 2.26. The summed E-state index contributed by atoms with van der Waals surface area (Å²) in [6.45, 7) is 1.45. The molecule has 2 heterocycles. The minimum Gasteiger partial charge on any atom is -0.377 e. The summed E-state index contributed by atoms with van der Waals surface area (Å²) < 4.78 is 0. The van der Waals surface area contributed by atoms with E-state index >= 15 is 0 Å². The summed E-state index contributed by atoms with van der Waals surface area (Å²) in [6.07, 6.45) is 1.18. The van der Waals surface area contributed by atoms with E-state index in [0.29, 0.717) is 11.5 Å². The fraction of sp³-hybridized carbons (Fsp3) is 0.200. The van der Waals surface area contributed by atoms with Crippen molar-refractivity contribution in [1.82, 2.24) is 0 Å². The number of nitrogens with zero attached hydrogens (tertiary/aromatic N) is 5. The van der Waals surface area contributed by atoms with E-state index in [1.54, 1.807) is 12.1 Å². The largest absolute Gasteiger partial charge is 0.377 e. The molecule has 1 N–H and O–H groups in total. The molecule has 2 aliphatic heterocycles. The van der Waals surface area contributed by atoms with Gasteiger partial charge in [0.15, 0.2) is 17.4 Å². The Hall–Kier alpha value is -3.16. The van der Waals surface area contributed by atoms with Crippen molar-refractivity contribution in [2.45, 2.75) is 6.92 Å². The van der Waals surface area contributed by atoms with Gasteiger partial charge in [0.2, 0.25) is 5.91 Å². The molecule has 1 aromatic carbocycles. The number of hydrogen-bond donors (Lipinski definition) is 1. The van der Waals surface area contributed by atoms with Gasteiger partial charge >= 0.3 is 5.91 Å². The Bertz CT molecular complexity index is 832. The van der Waals surface area contributed by atoms with Gasteiger partial charge in [-0.25, -0.2) is 15.0 Å². The van der Waals surface area contributed by atoms with E-state index in [2.05, 4.69) is 25.3 Å². The van der Waals surface area contributed by atoms with Crippen LogP contribution < -0.4 is 10.2 Å². The van der Waals surface area contributed by atoms with Gasteiger partial charge in [-0.15, -0.1) is 0 Å². The van der Waals surface area contributed by atoms with E-state index in [9.17, 15) is 9.59 Å². The molecule has 0 saturated carbocycles. The number of fused-ring (bicyclic) bond motifs is 1. The number of benzene rings is 1. The Morgan fingerprint density at radius 1 is 1.17 bits per heavy atom. The summed E-state index contributed by atoms with van der Waals surface area (Å²) in [5.41, 5.74) is 2.37. The quantitative estimate of drug-likeness (QED) is 0.897. The molecule has 0 radical (unpaired) electrons. The van der Waals surface area contributed by atoms with Gasteiger partial charge in [-0.1, -0.05) is 0 Å². The van der Waals surface area contributed by atoms with Crippen LogP contribution in [0.15, 0.2) is 38.2 Å². The highest BCUT2D eigenvalue weighted by Gasteiger charge is 2.28. The Kier molecular flexibility index (Phi) is 3.57. The third-order valence-electron chi connectivity index (χ3n) is 3.24. The van der Waals surface area contributed by atoms with Crippen molar-refractivity contribution < 1.29 is 9.59 Å². The van der Waals surface area contributed by atoms with Crippen molar-refractivity contribution in [3.8, 4) is 0 Å². The van der Waals surface area contributed by atoms with E-state index in [1.165, 1.54) is 13.3 Å². The first kappa shape index (κ1) is 14.8. The summed E-state index contributed by atoms with van der Waals surface area (Å²) >= 11 is 0. The summed E-state index contributed by atoms with van der Waals surface area (Å²) in [6, 6.07) is 5.38. The molecule has 116 valence electrons. The molecule has 0 saturated heterocycles. The maximum atomic E-state index is 11.7. The molecule has 2 aliphatic rings. The van der Waals surface area contributed by atoms with E-state index in [0.717, 1.165) is 11.3 Å². The molecule has 8 heteroatoms. The highest BCUT2D eigenvalue weighted by atomic mass is 16.2. The third kappa shape index (κ3) is 2.78. The van der Waals surface area contributed by atoms with Crippen molar-refractivity contribution in [2.75, 3.05) is 24.3 Å². The van der Waals surface area contributed by atoms with Crippen molar-refractivity contribution in [3.05, 3.63) is 23.8 Å². The molecule has 0 aliphatic carbocycles. The molecule has 0 aromatic heterocycles. The van der Waals surface area contributed by atoms with E-state index in [4.69, 9.17) is 0 Å². The molecule has 8 nitrogen and oxygen atoms in total. The smallest absolute Gasteiger partial charge is 0.301 e. The van der Waals surface area contributed by atoms with Crippen LogP contribution >= 0.6 is 0 Å². The number of hydrogen-bond acceptors (Lipinski definition) is 6. The first-order chi connectivity index (χ1) is 11.0. The molecule has 0 unspecified atom stereocenters. The summed E-state index contributed by atoms with van der Waals surface area (Å²) in [5.74, 6) is 0.0744. The van der Waals surface area contributed by atoms with E-state index in [-0.39, 0.29) is 17.5 Å². The predicted molar refractivity (Wildman–Crippen MR) is 90.0 cm³/mol. The molecular weight excluding hydrogens is 296 g/mol. The molecule has 1 aromatic rings. The van der Waals surface area contributed by atoms with Crippen molar-refractivity contribution in [3.63, 3.8) is 0 Å². The minimum atomic E-state index is -0.449. The number of nitrogens with one attached hydrogen (secondary N) is 1. The number of carbonyl (C=O) groups excluding carboxylic acids is 2. The van der Waals surface area contributed by atoms with Crippen LogP contribution in [0.2, 0.25) is 0 Å². The summed E-state index contributed by atoms with van der Waals surface area (Å²) in [5, 5.41) is 2.74. The average molecular weight is 310 g/mol. The van der Waals surface area contributed by atoms with Crippen LogP contribution in [-0.4, -0.2) is 49.6 Å². The lowest BCUT2D eigenvalue weighted by molar-refractivity contribution is -0.114. The van der Waals surface area contributed by atoms with Gasteiger partial charge in [-0.2, -0.15) is 4.99 Å². The average Bonchev–Trinajstić information content (AvgIpc) is 2.92. The van der Waals surface area contributed by atoms with Gasteiger partial charge in [0.05, 0.1) is 0 Å². The van der Waals surface area contributed by atoms with E-state index in [1.807, 2.05) is 25.1 Å². The molecule has 0 bridgehead atoms. The van der Waals surface area contributed by atoms with Crippen LogP contribution in [0.1, 0.15) is 12.5 Å². The normalized spacial score (nSPS) is 15.6. The highest BCUT2D eigenvalue weighted by molar-refractivity contribution is 6.71. The van der Waals surface area contributed by atoms with Gasteiger partial charge in [0, 0.05) is 38.0 Å². The second-order valence-corrected chi connectivity index (χ2v) is 5.21. The molecule has 3 rings (SSSR count). The Morgan fingerprint density at radius 2 is 1.96 bits per heavy atom. The van der Waals surface area contributed by atoms with Crippen LogP contribution in [0.4, 0.5) is 11.4 Å². The SMILES string of the molecule is CC(=O)Nc1ccc(C2=NC3=NC=NC(=O)C3=N2)c(N(C)C)c1. The van der Waals surface area contributed by atoms with Crippen LogP contribution in [-0.2, 0) is 9.59 Å². The van der Waals surface area contributed by atoms with Crippen LogP contribution in [0, 0.1) is 0 Å². The second kappa shape index (κ2) is 5.56. The monoisotopic (exact) mass is 310 g/mol. The van der Waals surface area contributed by atoms with Gasteiger partial charge in [-0.05, 0) is 18.2 Å². The van der Waals surface area contributed by atoms with Crippen molar-refractivity contribution in [1.29, 1.82) is 0 Å². The first-order valence-electron chi connectivity index (χ1n) is 6.87. The number of aliphatic imine (C=N–C) groups is 4. The van der Waals surface area contributed by atoms with Crippen molar-refractivity contribution >= 4 is 46.9 Å². The third-order valence-corrected chi connectivity index (χ3v) is 3.24. The molecular formula is C15H14N6O2. The number of amides is 2. The standard InChI is InChI=1S/C15H14N6O2/c1-8(22)18-9-4-5-10(11(6-9)21(2)3)13-19-12-14(20-13)16-7-17-15(12)23/h4-7H,1-3H3,(H,18,22). The van der Waals surface area contributed by atoms with Gasteiger partial charge in [0.25, 0.3) is 0 Å². The molecule has 2 amide bonds. The lowest BCUT2D eigenvalue weighted by atomic mass is 10.1. The maximum Gasteiger partial charge on any atom is 0.301 e. The summed E-state index contributed by atoms with van der Waals surface area (Å²) in [4.78, 5) is 40.9. The zero-order valence-corrected chi connectivity index (χ0v) is 12.9. The molecule has 0 fully saturated rings. The second-order valence-electron chi connectivity index (χ2n) is 5.21. The Labute approximate surface area is 132 Å². The van der Waals surface area contributed by atoms with E-state index < -0.39 is 5.91 Å². The fourth-order valence-electron chi connectivity index (χ4n) is 2.26. The van der Waals surface area contributed by atoms with Crippen LogP contribution in [0.5, 0.6) is 0 Å². The maximum absolute atomic E-state index is 11.7. The summed E-state index contributed by atoms with van der Waals surface area (Å²) in [7, 11) is 3.75. The number of rotatable bonds is 3. The Balaban J connectivity index is 2.04. The van der Waals surface area contributed by atoms with Crippen LogP contribution in [0.3, 0.4) is 0 Å². The van der Waals surface area contributed by atoms with Gasteiger partial charge in [-0.3, -0.25) is 9.59 Å². The van der Waals surface area contributed by atoms with Gasteiger partial charge < -0.3 is 10.2 Å². The lowest BCUT2D eigenvalue weighted by Crippen LogP contribution is -2.21. The topological polar surface area (TPSA) is 98.8 Å². The molecule has 0 spiro atoms. The first-order valence-corrected chi connectivity index (χ1v) is 6.87. The lowest BCUT2D eigenvalue weighted by Gasteiger charge is -2.18. The van der Waals surface area contributed by atoms with Gasteiger partial charge in [0.1, 0.15) is 6.34 Å². The van der Waals surface area contributed by atoms with Crippen LogP contribution in [0.25, 0.3) is 0 Å². The molecule has 0 atom stereocenters. The predicted octanol–water partition coefficient (Wildman–Crippen LogP) is 0.879. The fourth-order valence-corrected chi connectivity index (χ4v) is 2.26.